The van der Waals surface area contributed by atoms with E-state index >= 15 is 0 Å². The second kappa shape index (κ2) is 7.20. The molecule has 0 aromatic heterocycles. The van der Waals surface area contributed by atoms with Crippen molar-refractivity contribution in [1.29, 1.82) is 0 Å². The van der Waals surface area contributed by atoms with E-state index in [1.807, 2.05) is 12.1 Å². The minimum absolute atomic E-state index is 0.0407. The van der Waals surface area contributed by atoms with E-state index in [1.165, 1.54) is 11.1 Å². The standard InChI is InChI=1S/C18H17ClN2OS/c1-13-5-2-3-6-15(13)12-23-18-20-9-10-21(18)17(22)14-7-4-8-16(19)11-14/h2-8,11H,9-10,12H2,1H3. The number of benzene rings is 2. The fourth-order valence-electron chi connectivity index (χ4n) is 2.43. The third kappa shape index (κ3) is 3.77. The first-order chi connectivity index (χ1) is 11.1. The fraction of sp³-hybridized carbons (Fsp3) is 0.222. The molecule has 3 rings (SSSR count). The van der Waals surface area contributed by atoms with Crippen LogP contribution in [0.25, 0.3) is 0 Å². The molecule has 1 aliphatic rings. The van der Waals surface area contributed by atoms with Crippen LogP contribution < -0.4 is 0 Å². The Balaban J connectivity index is 1.70. The smallest absolute Gasteiger partial charge is 0.259 e. The molecule has 3 nitrogen and oxygen atoms in total. The first kappa shape index (κ1) is 16.1. The maximum atomic E-state index is 12.7. The molecule has 0 fully saturated rings. The van der Waals surface area contributed by atoms with Crippen LogP contribution in [0.1, 0.15) is 21.5 Å². The Labute approximate surface area is 145 Å². The van der Waals surface area contributed by atoms with Crippen molar-refractivity contribution in [2.45, 2.75) is 12.7 Å². The molecule has 5 heteroatoms. The maximum absolute atomic E-state index is 12.7. The highest BCUT2D eigenvalue weighted by atomic mass is 35.5. The Bertz CT molecular complexity index is 760. The topological polar surface area (TPSA) is 32.7 Å². The van der Waals surface area contributed by atoms with E-state index in [4.69, 9.17) is 11.6 Å². The number of nitrogens with zero attached hydrogens (tertiary/aromatic N) is 2. The van der Waals surface area contributed by atoms with Crippen LogP contribution in [0.3, 0.4) is 0 Å². The number of thioether (sulfide) groups is 1. The van der Waals surface area contributed by atoms with E-state index in [-0.39, 0.29) is 5.91 Å². The molecule has 0 spiro atoms. The Hall–Kier alpha value is -1.78. The lowest BCUT2D eigenvalue weighted by molar-refractivity contribution is 0.0860. The molecule has 0 saturated carbocycles. The Morgan fingerprint density at radius 1 is 1.26 bits per heavy atom. The third-order valence-electron chi connectivity index (χ3n) is 3.74. The Morgan fingerprint density at radius 3 is 2.87 bits per heavy atom. The molecule has 118 valence electrons. The summed E-state index contributed by atoms with van der Waals surface area (Å²) >= 11 is 7.59. The van der Waals surface area contributed by atoms with E-state index < -0.39 is 0 Å². The SMILES string of the molecule is Cc1ccccc1CSC1=NCCN1C(=O)c1cccc(Cl)c1. The summed E-state index contributed by atoms with van der Waals surface area (Å²) in [6, 6.07) is 15.3. The molecule has 0 saturated heterocycles. The number of halogens is 1. The molecular formula is C18H17ClN2OS. The first-order valence-electron chi connectivity index (χ1n) is 7.44. The molecule has 0 radical (unpaired) electrons. The summed E-state index contributed by atoms with van der Waals surface area (Å²) in [5.74, 6) is 0.770. The molecule has 1 amide bonds. The summed E-state index contributed by atoms with van der Waals surface area (Å²) in [6.07, 6.45) is 0. The second-order valence-electron chi connectivity index (χ2n) is 5.35. The van der Waals surface area contributed by atoms with Gasteiger partial charge in [0.05, 0.1) is 6.54 Å². The third-order valence-corrected chi connectivity index (χ3v) is 5.03. The predicted molar refractivity (Wildman–Crippen MR) is 97.3 cm³/mol. The van der Waals surface area contributed by atoms with E-state index in [9.17, 15) is 4.79 Å². The summed E-state index contributed by atoms with van der Waals surface area (Å²) in [5, 5.41) is 1.36. The average Bonchev–Trinajstić information content (AvgIpc) is 3.02. The van der Waals surface area contributed by atoms with E-state index in [0.29, 0.717) is 23.7 Å². The van der Waals surface area contributed by atoms with Crippen LogP contribution in [-0.2, 0) is 5.75 Å². The molecule has 0 N–H and O–H groups in total. The minimum Gasteiger partial charge on any atom is -0.286 e. The normalized spacial score (nSPS) is 14.0. The average molecular weight is 345 g/mol. The molecule has 0 atom stereocenters. The van der Waals surface area contributed by atoms with Crippen LogP contribution in [0.15, 0.2) is 53.5 Å². The number of carbonyl (C=O) groups excluding carboxylic acids is 1. The van der Waals surface area contributed by atoms with Crippen LogP contribution in [0.5, 0.6) is 0 Å². The van der Waals surface area contributed by atoms with Crippen molar-refractivity contribution in [3.63, 3.8) is 0 Å². The number of amidine groups is 1. The molecular weight excluding hydrogens is 328 g/mol. The van der Waals surface area contributed by atoms with Gasteiger partial charge < -0.3 is 0 Å². The summed E-state index contributed by atoms with van der Waals surface area (Å²) < 4.78 is 0. The molecule has 2 aromatic rings. The maximum Gasteiger partial charge on any atom is 0.259 e. The van der Waals surface area contributed by atoms with Gasteiger partial charge in [0.1, 0.15) is 0 Å². The quantitative estimate of drug-likeness (QED) is 0.827. The first-order valence-corrected chi connectivity index (χ1v) is 8.81. The van der Waals surface area contributed by atoms with Gasteiger partial charge in [0, 0.05) is 22.9 Å². The van der Waals surface area contributed by atoms with Gasteiger partial charge in [0.25, 0.3) is 5.91 Å². The fourth-order valence-corrected chi connectivity index (χ4v) is 3.74. The van der Waals surface area contributed by atoms with Gasteiger partial charge in [-0.25, -0.2) is 0 Å². The predicted octanol–water partition coefficient (Wildman–Crippen LogP) is 4.39. The Morgan fingerprint density at radius 2 is 2.09 bits per heavy atom. The van der Waals surface area contributed by atoms with Crippen LogP contribution in [0.4, 0.5) is 0 Å². The van der Waals surface area contributed by atoms with Gasteiger partial charge in [-0.1, -0.05) is 53.7 Å². The summed E-state index contributed by atoms with van der Waals surface area (Å²) in [7, 11) is 0. The molecule has 23 heavy (non-hydrogen) atoms. The number of carbonyl (C=O) groups is 1. The molecule has 0 bridgehead atoms. The van der Waals surface area contributed by atoms with Gasteiger partial charge in [-0.05, 0) is 36.2 Å². The lowest BCUT2D eigenvalue weighted by Crippen LogP contribution is -2.32. The van der Waals surface area contributed by atoms with Gasteiger partial charge in [-0.3, -0.25) is 14.7 Å². The highest BCUT2D eigenvalue weighted by Crippen LogP contribution is 2.23. The number of hydrogen-bond acceptors (Lipinski definition) is 3. The zero-order valence-corrected chi connectivity index (χ0v) is 14.4. The largest absolute Gasteiger partial charge is 0.286 e. The minimum atomic E-state index is -0.0407. The summed E-state index contributed by atoms with van der Waals surface area (Å²) in [6.45, 7) is 3.38. The molecule has 1 aliphatic heterocycles. The molecule has 2 aromatic carbocycles. The summed E-state index contributed by atoms with van der Waals surface area (Å²) in [5.41, 5.74) is 3.12. The van der Waals surface area contributed by atoms with Gasteiger partial charge in [-0.2, -0.15) is 0 Å². The van der Waals surface area contributed by atoms with E-state index in [1.54, 1.807) is 40.9 Å². The molecule has 0 unspecified atom stereocenters. The molecule has 0 aliphatic carbocycles. The monoisotopic (exact) mass is 344 g/mol. The van der Waals surface area contributed by atoms with Gasteiger partial charge in [0.15, 0.2) is 5.17 Å². The van der Waals surface area contributed by atoms with E-state index in [2.05, 4.69) is 24.0 Å². The van der Waals surface area contributed by atoms with Crippen molar-refractivity contribution in [1.82, 2.24) is 4.90 Å². The van der Waals surface area contributed by atoms with Crippen molar-refractivity contribution in [2.75, 3.05) is 13.1 Å². The number of hydrogen-bond donors (Lipinski definition) is 0. The lowest BCUT2D eigenvalue weighted by atomic mass is 10.1. The van der Waals surface area contributed by atoms with Crippen molar-refractivity contribution in [3.05, 3.63) is 70.2 Å². The highest BCUT2D eigenvalue weighted by Gasteiger charge is 2.25. The van der Waals surface area contributed by atoms with Gasteiger partial charge in [0.2, 0.25) is 0 Å². The van der Waals surface area contributed by atoms with Crippen LogP contribution in [0, 0.1) is 6.92 Å². The summed E-state index contributed by atoms with van der Waals surface area (Å²) in [4.78, 5) is 18.9. The van der Waals surface area contributed by atoms with Crippen molar-refractivity contribution in [3.8, 4) is 0 Å². The number of aliphatic imine (C=N–C) groups is 1. The van der Waals surface area contributed by atoms with Crippen molar-refractivity contribution < 1.29 is 4.79 Å². The van der Waals surface area contributed by atoms with Crippen molar-refractivity contribution >= 4 is 34.4 Å². The van der Waals surface area contributed by atoms with Crippen LogP contribution in [-0.4, -0.2) is 29.1 Å². The Kier molecular flexibility index (Phi) is 5.03. The highest BCUT2D eigenvalue weighted by molar-refractivity contribution is 8.13. The molecule has 1 heterocycles. The van der Waals surface area contributed by atoms with Crippen molar-refractivity contribution in [2.24, 2.45) is 4.99 Å². The lowest BCUT2D eigenvalue weighted by Gasteiger charge is -2.18. The zero-order chi connectivity index (χ0) is 16.2. The van der Waals surface area contributed by atoms with E-state index in [0.717, 1.165) is 10.9 Å². The zero-order valence-electron chi connectivity index (χ0n) is 12.8. The van der Waals surface area contributed by atoms with Crippen LogP contribution >= 0.6 is 23.4 Å². The number of aryl methyl sites for hydroxylation is 1. The second-order valence-corrected chi connectivity index (χ2v) is 6.73. The number of amides is 1. The van der Waals surface area contributed by atoms with Crippen LogP contribution in [0.2, 0.25) is 5.02 Å². The van der Waals surface area contributed by atoms with Gasteiger partial charge >= 0.3 is 0 Å². The van der Waals surface area contributed by atoms with Gasteiger partial charge in [-0.15, -0.1) is 0 Å². The number of rotatable bonds is 3.